The molecule has 0 bridgehead atoms. The second kappa shape index (κ2) is 5.38. The molecular formula is C17H20N4O2. The first kappa shape index (κ1) is 14.3. The second-order valence-electron chi connectivity index (χ2n) is 6.31. The first-order valence-corrected chi connectivity index (χ1v) is 7.97. The zero-order valence-electron chi connectivity index (χ0n) is 13.1. The standard InChI is InChI=1S/C17H20N4O2/c1-21-16(4-7-19-21)20-12-2-3-15-13(10-12)14(22)11-17(23-15)5-8-18-9-6-17/h2-4,7,10,18,20H,5-6,8-9,11H2,1H3. The molecule has 4 rings (SSSR count). The molecule has 1 spiro atoms. The molecule has 0 saturated carbocycles. The molecule has 0 radical (unpaired) electrons. The fraction of sp³-hybridized carbons (Fsp3) is 0.412. The Balaban J connectivity index is 1.61. The summed E-state index contributed by atoms with van der Waals surface area (Å²) < 4.78 is 7.99. The number of carbonyl (C=O) groups excluding carboxylic acids is 1. The van der Waals surface area contributed by atoms with Gasteiger partial charge in [-0.05, 0) is 31.3 Å². The van der Waals surface area contributed by atoms with Crippen LogP contribution in [-0.4, -0.2) is 34.3 Å². The quantitative estimate of drug-likeness (QED) is 0.890. The fourth-order valence-electron chi connectivity index (χ4n) is 3.38. The highest BCUT2D eigenvalue weighted by Gasteiger charge is 2.41. The van der Waals surface area contributed by atoms with Crippen molar-refractivity contribution < 1.29 is 9.53 Å². The average molecular weight is 312 g/mol. The molecule has 120 valence electrons. The van der Waals surface area contributed by atoms with E-state index in [2.05, 4.69) is 15.7 Å². The largest absolute Gasteiger partial charge is 0.486 e. The summed E-state index contributed by atoms with van der Waals surface area (Å²) in [5.74, 6) is 1.75. The highest BCUT2D eigenvalue weighted by molar-refractivity contribution is 6.01. The second-order valence-corrected chi connectivity index (χ2v) is 6.31. The van der Waals surface area contributed by atoms with Gasteiger partial charge < -0.3 is 15.4 Å². The highest BCUT2D eigenvalue weighted by Crippen LogP contribution is 2.39. The molecule has 1 fully saturated rings. The molecule has 1 aromatic carbocycles. The van der Waals surface area contributed by atoms with Crippen molar-refractivity contribution in [2.45, 2.75) is 24.9 Å². The van der Waals surface area contributed by atoms with Gasteiger partial charge in [0.05, 0.1) is 18.2 Å². The van der Waals surface area contributed by atoms with Crippen LogP contribution in [0.25, 0.3) is 0 Å². The van der Waals surface area contributed by atoms with Gasteiger partial charge in [0.2, 0.25) is 0 Å². The number of carbonyl (C=O) groups is 1. The molecule has 0 atom stereocenters. The van der Waals surface area contributed by atoms with Crippen molar-refractivity contribution in [3.8, 4) is 5.75 Å². The van der Waals surface area contributed by atoms with Gasteiger partial charge in [0, 0.05) is 31.6 Å². The average Bonchev–Trinajstić information content (AvgIpc) is 2.94. The van der Waals surface area contributed by atoms with Crippen LogP contribution in [0.4, 0.5) is 11.5 Å². The van der Waals surface area contributed by atoms with Crippen LogP contribution >= 0.6 is 0 Å². The summed E-state index contributed by atoms with van der Waals surface area (Å²) in [5, 5.41) is 10.7. The first-order chi connectivity index (χ1) is 11.2. The maximum atomic E-state index is 12.6. The van der Waals surface area contributed by atoms with Gasteiger partial charge in [-0.1, -0.05) is 0 Å². The van der Waals surface area contributed by atoms with Gasteiger partial charge in [-0.15, -0.1) is 0 Å². The van der Waals surface area contributed by atoms with Crippen LogP contribution in [0.3, 0.4) is 0 Å². The Kier molecular flexibility index (Phi) is 3.34. The van der Waals surface area contributed by atoms with E-state index in [1.165, 1.54) is 0 Å². The molecule has 23 heavy (non-hydrogen) atoms. The number of hydrogen-bond acceptors (Lipinski definition) is 5. The normalized spacial score (nSPS) is 19.3. The van der Waals surface area contributed by atoms with E-state index in [1.54, 1.807) is 10.9 Å². The number of hydrogen-bond donors (Lipinski definition) is 2. The highest BCUT2D eigenvalue weighted by atomic mass is 16.5. The molecule has 1 aromatic heterocycles. The summed E-state index contributed by atoms with van der Waals surface area (Å²) in [5.41, 5.74) is 1.22. The van der Waals surface area contributed by atoms with E-state index in [1.807, 2.05) is 31.3 Å². The number of nitrogens with one attached hydrogen (secondary N) is 2. The van der Waals surface area contributed by atoms with Gasteiger partial charge in [0.25, 0.3) is 0 Å². The fourth-order valence-corrected chi connectivity index (χ4v) is 3.38. The lowest BCUT2D eigenvalue weighted by molar-refractivity contribution is 0.0188. The number of rotatable bonds is 2. The molecule has 2 aromatic rings. The Hall–Kier alpha value is -2.34. The number of fused-ring (bicyclic) bond motifs is 1. The van der Waals surface area contributed by atoms with Gasteiger partial charge in [0.15, 0.2) is 5.78 Å². The molecule has 6 heteroatoms. The smallest absolute Gasteiger partial charge is 0.170 e. The Morgan fingerprint density at radius 3 is 2.87 bits per heavy atom. The van der Waals surface area contributed by atoms with E-state index in [0.29, 0.717) is 17.7 Å². The number of Topliss-reactive ketones (excluding diaryl/α,β-unsaturated/α-hetero) is 1. The van der Waals surface area contributed by atoms with Crippen molar-refractivity contribution in [3.05, 3.63) is 36.0 Å². The van der Waals surface area contributed by atoms with E-state index in [0.717, 1.165) is 37.4 Å². The van der Waals surface area contributed by atoms with E-state index in [9.17, 15) is 4.79 Å². The topological polar surface area (TPSA) is 68.2 Å². The van der Waals surface area contributed by atoms with E-state index in [4.69, 9.17) is 4.74 Å². The van der Waals surface area contributed by atoms with Crippen molar-refractivity contribution in [3.63, 3.8) is 0 Å². The van der Waals surface area contributed by atoms with Crippen LogP contribution in [0.5, 0.6) is 5.75 Å². The molecule has 0 amide bonds. The number of nitrogens with zero attached hydrogens (tertiary/aromatic N) is 2. The van der Waals surface area contributed by atoms with E-state index in [-0.39, 0.29) is 11.4 Å². The van der Waals surface area contributed by atoms with Gasteiger partial charge in [-0.2, -0.15) is 5.10 Å². The molecule has 3 heterocycles. The summed E-state index contributed by atoms with van der Waals surface area (Å²) >= 11 is 0. The zero-order chi connectivity index (χ0) is 15.9. The number of ether oxygens (including phenoxy) is 1. The lowest BCUT2D eigenvalue weighted by Crippen LogP contribution is -2.49. The van der Waals surface area contributed by atoms with Gasteiger partial charge in [-0.3, -0.25) is 9.48 Å². The number of benzene rings is 1. The van der Waals surface area contributed by atoms with Crippen LogP contribution in [0.2, 0.25) is 0 Å². The monoisotopic (exact) mass is 312 g/mol. The first-order valence-electron chi connectivity index (χ1n) is 7.97. The van der Waals surface area contributed by atoms with Crippen molar-refractivity contribution in [1.29, 1.82) is 0 Å². The number of piperidine rings is 1. The number of aromatic nitrogens is 2. The number of anilines is 2. The third-order valence-corrected chi connectivity index (χ3v) is 4.70. The van der Waals surface area contributed by atoms with Crippen LogP contribution < -0.4 is 15.4 Å². The van der Waals surface area contributed by atoms with Crippen molar-refractivity contribution in [1.82, 2.24) is 15.1 Å². The third-order valence-electron chi connectivity index (χ3n) is 4.70. The predicted molar refractivity (Wildman–Crippen MR) is 87.3 cm³/mol. The molecule has 2 aliphatic rings. The molecule has 2 N–H and O–H groups in total. The van der Waals surface area contributed by atoms with E-state index < -0.39 is 0 Å². The van der Waals surface area contributed by atoms with Crippen molar-refractivity contribution in [2.24, 2.45) is 7.05 Å². The summed E-state index contributed by atoms with van der Waals surface area (Å²) in [7, 11) is 1.87. The molecule has 6 nitrogen and oxygen atoms in total. The van der Waals surface area contributed by atoms with Crippen LogP contribution in [0.1, 0.15) is 29.6 Å². The minimum Gasteiger partial charge on any atom is -0.486 e. The van der Waals surface area contributed by atoms with Crippen LogP contribution in [0, 0.1) is 0 Å². The summed E-state index contributed by atoms with van der Waals surface area (Å²) in [6.45, 7) is 1.81. The third kappa shape index (κ3) is 2.59. The zero-order valence-corrected chi connectivity index (χ0v) is 13.1. The molecule has 2 aliphatic heterocycles. The Morgan fingerprint density at radius 2 is 2.13 bits per heavy atom. The summed E-state index contributed by atoms with van der Waals surface area (Å²) in [6, 6.07) is 7.61. The molecular weight excluding hydrogens is 292 g/mol. The molecule has 0 unspecified atom stereocenters. The number of ketones is 1. The van der Waals surface area contributed by atoms with Crippen molar-refractivity contribution >= 4 is 17.3 Å². The summed E-state index contributed by atoms with van der Waals surface area (Å²) in [6.07, 6.45) is 3.97. The van der Waals surface area contributed by atoms with Gasteiger partial charge in [0.1, 0.15) is 17.2 Å². The minimum atomic E-state index is -0.313. The lowest BCUT2D eigenvalue weighted by Gasteiger charge is -2.40. The van der Waals surface area contributed by atoms with Crippen LogP contribution in [0.15, 0.2) is 30.5 Å². The maximum Gasteiger partial charge on any atom is 0.170 e. The lowest BCUT2D eigenvalue weighted by atomic mass is 9.83. The SMILES string of the molecule is Cn1nccc1Nc1ccc2c(c1)C(=O)CC1(CCNCC1)O2. The Labute approximate surface area is 134 Å². The van der Waals surface area contributed by atoms with Gasteiger partial charge >= 0.3 is 0 Å². The predicted octanol–water partition coefficient (Wildman–Crippen LogP) is 2.25. The van der Waals surface area contributed by atoms with Gasteiger partial charge in [-0.25, -0.2) is 0 Å². The van der Waals surface area contributed by atoms with Crippen LogP contribution in [-0.2, 0) is 7.05 Å². The van der Waals surface area contributed by atoms with E-state index >= 15 is 0 Å². The van der Waals surface area contributed by atoms with Crippen molar-refractivity contribution in [2.75, 3.05) is 18.4 Å². The Morgan fingerprint density at radius 1 is 1.30 bits per heavy atom. The minimum absolute atomic E-state index is 0.168. The molecule has 0 aliphatic carbocycles. The Bertz CT molecular complexity index is 747. The maximum absolute atomic E-state index is 12.6. The molecule has 1 saturated heterocycles. The summed E-state index contributed by atoms with van der Waals surface area (Å²) in [4.78, 5) is 12.6. The number of aryl methyl sites for hydroxylation is 1.